The molecule has 2 N–H and O–H groups in total. The molecule has 0 bridgehead atoms. The molecule has 3 rings (SSSR count). The number of piperidine rings is 1. The van der Waals surface area contributed by atoms with E-state index in [1.165, 1.54) is 5.56 Å². The molecular formula is C25H36N4O3S. The van der Waals surface area contributed by atoms with E-state index in [1.807, 2.05) is 20.8 Å². The summed E-state index contributed by atoms with van der Waals surface area (Å²) in [6.07, 6.45) is 2.44. The van der Waals surface area contributed by atoms with E-state index in [2.05, 4.69) is 52.1 Å². The van der Waals surface area contributed by atoms with Gasteiger partial charge in [-0.25, -0.2) is 9.78 Å². The highest BCUT2D eigenvalue weighted by molar-refractivity contribution is 7.13. The first-order valence-electron chi connectivity index (χ1n) is 11.7. The maximum Gasteiger partial charge on any atom is 0.407 e. The topological polar surface area (TPSA) is 83.6 Å². The number of carbonyl (C=O) groups excluding carboxylic acids is 2. The lowest BCUT2D eigenvalue weighted by Crippen LogP contribution is -2.44. The van der Waals surface area contributed by atoms with Crippen LogP contribution in [0.15, 0.2) is 29.6 Å². The van der Waals surface area contributed by atoms with Gasteiger partial charge in [0, 0.05) is 37.1 Å². The average molecular weight is 473 g/mol. The minimum atomic E-state index is -0.531. The summed E-state index contributed by atoms with van der Waals surface area (Å²) in [6, 6.07) is 8.60. The number of hydrogen-bond donors (Lipinski definition) is 2. The lowest BCUT2D eigenvalue weighted by molar-refractivity contribution is -0.126. The lowest BCUT2D eigenvalue weighted by Gasteiger charge is -2.31. The molecule has 0 aliphatic carbocycles. The van der Waals surface area contributed by atoms with Gasteiger partial charge < -0.3 is 15.4 Å². The van der Waals surface area contributed by atoms with Crippen LogP contribution in [0.2, 0.25) is 0 Å². The molecule has 1 aromatic heterocycles. The number of thiazole rings is 1. The predicted octanol–water partition coefficient (Wildman–Crippen LogP) is 4.23. The Morgan fingerprint density at radius 2 is 1.91 bits per heavy atom. The molecule has 1 aliphatic rings. The number of alkyl carbamates (subject to hydrolysis) is 1. The van der Waals surface area contributed by atoms with Gasteiger partial charge in [-0.2, -0.15) is 0 Å². The van der Waals surface area contributed by atoms with Crippen LogP contribution >= 0.6 is 11.3 Å². The van der Waals surface area contributed by atoms with Gasteiger partial charge in [-0.15, -0.1) is 11.3 Å². The molecular weight excluding hydrogens is 436 g/mol. The molecule has 1 fully saturated rings. The maximum absolute atomic E-state index is 12.6. The van der Waals surface area contributed by atoms with Crippen molar-refractivity contribution < 1.29 is 14.3 Å². The van der Waals surface area contributed by atoms with Crippen molar-refractivity contribution in [1.82, 2.24) is 20.5 Å². The molecule has 1 aliphatic heterocycles. The van der Waals surface area contributed by atoms with Crippen molar-refractivity contribution in [2.45, 2.75) is 59.1 Å². The highest BCUT2D eigenvalue weighted by Gasteiger charge is 2.26. The molecule has 0 spiro atoms. The molecule has 8 heteroatoms. The Balaban J connectivity index is 1.43. The molecule has 2 aromatic rings. The Labute approximate surface area is 200 Å². The van der Waals surface area contributed by atoms with E-state index in [-0.39, 0.29) is 11.8 Å². The maximum atomic E-state index is 12.6. The summed E-state index contributed by atoms with van der Waals surface area (Å²) >= 11 is 1.67. The van der Waals surface area contributed by atoms with Crippen LogP contribution in [0.4, 0.5) is 4.79 Å². The zero-order chi connectivity index (χ0) is 23.8. The SMILES string of the molecule is CCc1ccc(-c2nc(CN3CCCC(C(=O)NCCNC(=O)OC(C)(C)C)C3)cs2)cc1. The van der Waals surface area contributed by atoms with Gasteiger partial charge in [0.05, 0.1) is 11.6 Å². The van der Waals surface area contributed by atoms with Crippen molar-refractivity contribution in [2.24, 2.45) is 5.92 Å². The minimum absolute atomic E-state index is 0.0417. The van der Waals surface area contributed by atoms with E-state index in [0.29, 0.717) is 13.1 Å². The number of ether oxygens (including phenoxy) is 1. The lowest BCUT2D eigenvalue weighted by atomic mass is 9.97. The van der Waals surface area contributed by atoms with Crippen LogP contribution < -0.4 is 10.6 Å². The normalized spacial score (nSPS) is 16.9. The fourth-order valence-corrected chi connectivity index (χ4v) is 4.66. The Hall–Kier alpha value is -2.45. The van der Waals surface area contributed by atoms with Crippen LogP contribution in [-0.4, -0.2) is 53.7 Å². The third-order valence-electron chi connectivity index (χ3n) is 5.52. The highest BCUT2D eigenvalue weighted by atomic mass is 32.1. The second-order valence-electron chi connectivity index (χ2n) is 9.49. The van der Waals surface area contributed by atoms with Crippen LogP contribution in [-0.2, 0) is 22.5 Å². The highest BCUT2D eigenvalue weighted by Crippen LogP contribution is 2.26. The van der Waals surface area contributed by atoms with Gasteiger partial charge in [-0.3, -0.25) is 9.69 Å². The summed E-state index contributed by atoms with van der Waals surface area (Å²) in [5.74, 6) is 0.000593. The summed E-state index contributed by atoms with van der Waals surface area (Å²) < 4.78 is 5.20. The monoisotopic (exact) mass is 472 g/mol. The van der Waals surface area contributed by atoms with Crippen LogP contribution in [0.1, 0.15) is 51.8 Å². The smallest absolute Gasteiger partial charge is 0.407 e. The molecule has 1 unspecified atom stereocenters. The van der Waals surface area contributed by atoms with Gasteiger partial charge in [0.25, 0.3) is 0 Å². The van der Waals surface area contributed by atoms with E-state index < -0.39 is 11.7 Å². The molecule has 1 aromatic carbocycles. The number of aromatic nitrogens is 1. The quantitative estimate of drug-likeness (QED) is 0.562. The summed E-state index contributed by atoms with van der Waals surface area (Å²) in [7, 11) is 0. The van der Waals surface area contributed by atoms with Crippen molar-refractivity contribution in [2.75, 3.05) is 26.2 Å². The largest absolute Gasteiger partial charge is 0.444 e. The van der Waals surface area contributed by atoms with Gasteiger partial charge in [-0.1, -0.05) is 31.2 Å². The molecule has 33 heavy (non-hydrogen) atoms. The first-order valence-corrected chi connectivity index (χ1v) is 12.6. The fourth-order valence-electron chi connectivity index (χ4n) is 3.85. The molecule has 2 amide bonds. The van der Waals surface area contributed by atoms with E-state index in [4.69, 9.17) is 9.72 Å². The van der Waals surface area contributed by atoms with Gasteiger partial charge in [0.2, 0.25) is 5.91 Å². The molecule has 180 valence electrons. The Kier molecular flexibility index (Phi) is 8.86. The van der Waals surface area contributed by atoms with E-state index >= 15 is 0 Å². The predicted molar refractivity (Wildman–Crippen MR) is 132 cm³/mol. The number of nitrogens with zero attached hydrogens (tertiary/aromatic N) is 2. The molecule has 1 saturated heterocycles. The van der Waals surface area contributed by atoms with Crippen LogP contribution in [0, 0.1) is 5.92 Å². The second kappa shape index (κ2) is 11.6. The van der Waals surface area contributed by atoms with Crippen LogP contribution in [0.3, 0.4) is 0 Å². The Morgan fingerprint density at radius 3 is 2.61 bits per heavy atom. The molecule has 1 atom stereocenters. The van der Waals surface area contributed by atoms with Crippen LogP contribution in [0.25, 0.3) is 10.6 Å². The number of benzene rings is 1. The van der Waals surface area contributed by atoms with Crippen molar-refractivity contribution in [3.05, 3.63) is 40.9 Å². The van der Waals surface area contributed by atoms with Crippen LogP contribution in [0.5, 0.6) is 0 Å². The first kappa shape index (κ1) is 25.2. The third-order valence-corrected chi connectivity index (χ3v) is 6.46. The number of rotatable bonds is 8. The van der Waals surface area contributed by atoms with Crippen molar-refractivity contribution in [3.63, 3.8) is 0 Å². The second-order valence-corrected chi connectivity index (χ2v) is 10.3. The first-order chi connectivity index (χ1) is 15.7. The van der Waals surface area contributed by atoms with Crippen molar-refractivity contribution >= 4 is 23.3 Å². The molecule has 2 heterocycles. The van der Waals surface area contributed by atoms with Gasteiger partial charge in [0.1, 0.15) is 10.6 Å². The van der Waals surface area contributed by atoms with Gasteiger partial charge in [-0.05, 0) is 52.1 Å². The molecule has 0 radical (unpaired) electrons. The summed E-state index contributed by atoms with van der Waals surface area (Å²) in [4.78, 5) is 31.4. The average Bonchev–Trinajstić information content (AvgIpc) is 3.24. The summed E-state index contributed by atoms with van der Waals surface area (Å²) in [6.45, 7) is 10.8. The summed E-state index contributed by atoms with van der Waals surface area (Å²) in [5.41, 5.74) is 3.00. The Morgan fingerprint density at radius 1 is 1.18 bits per heavy atom. The number of amides is 2. The standard InChI is InChI=1S/C25H36N4O3S/c1-5-18-8-10-19(11-9-18)23-28-21(17-33-23)16-29-14-6-7-20(15-29)22(30)26-12-13-27-24(31)32-25(2,3)4/h8-11,17,20H,5-7,12-16H2,1-4H3,(H,26,30)(H,27,31). The van der Waals surface area contributed by atoms with Gasteiger partial charge >= 0.3 is 6.09 Å². The van der Waals surface area contributed by atoms with Crippen molar-refractivity contribution in [1.29, 1.82) is 0 Å². The fraction of sp³-hybridized carbons (Fsp3) is 0.560. The van der Waals surface area contributed by atoms with Crippen molar-refractivity contribution in [3.8, 4) is 10.6 Å². The Bertz CT molecular complexity index is 920. The number of nitrogens with one attached hydrogen (secondary N) is 2. The third kappa shape index (κ3) is 8.12. The minimum Gasteiger partial charge on any atom is -0.444 e. The number of hydrogen-bond acceptors (Lipinski definition) is 6. The zero-order valence-electron chi connectivity index (χ0n) is 20.1. The van der Waals surface area contributed by atoms with E-state index in [0.717, 1.165) is 55.2 Å². The molecule has 7 nitrogen and oxygen atoms in total. The number of aryl methyl sites for hydroxylation is 1. The molecule has 0 saturated carbocycles. The van der Waals surface area contributed by atoms with E-state index in [1.54, 1.807) is 11.3 Å². The zero-order valence-corrected chi connectivity index (χ0v) is 21.0. The summed E-state index contributed by atoms with van der Waals surface area (Å²) in [5, 5.41) is 8.77. The number of carbonyl (C=O) groups is 2. The van der Waals surface area contributed by atoms with E-state index in [9.17, 15) is 9.59 Å². The number of likely N-dealkylation sites (tertiary alicyclic amines) is 1. The van der Waals surface area contributed by atoms with Gasteiger partial charge in [0.15, 0.2) is 0 Å².